The Morgan fingerprint density at radius 3 is 2.16 bits per heavy atom. The highest BCUT2D eigenvalue weighted by molar-refractivity contribution is 5.63. The zero-order valence-electron chi connectivity index (χ0n) is 18.3. The number of hydrogen-bond donors (Lipinski definition) is 2. The van der Waals surface area contributed by atoms with Crippen molar-refractivity contribution in [1.29, 1.82) is 0 Å². The minimum Gasteiger partial charge on any atom is -0.494 e. The van der Waals surface area contributed by atoms with E-state index in [1.165, 1.54) is 0 Å². The zero-order chi connectivity index (χ0) is 23.1. The molecule has 0 spiro atoms. The van der Waals surface area contributed by atoms with Gasteiger partial charge in [-0.25, -0.2) is 4.98 Å². The molecule has 1 heterocycles. The van der Waals surface area contributed by atoms with E-state index in [-0.39, 0.29) is 11.8 Å². The van der Waals surface area contributed by atoms with E-state index in [4.69, 9.17) is 4.74 Å². The molecule has 8 heteroatoms. The summed E-state index contributed by atoms with van der Waals surface area (Å²) in [5, 5.41) is 5.73. The van der Waals surface area contributed by atoms with Crippen molar-refractivity contribution < 1.29 is 17.9 Å². The molecule has 0 fully saturated rings. The maximum atomic E-state index is 13.5. The second kappa shape index (κ2) is 10.3. The number of anilines is 4. The molecule has 0 amide bonds. The number of rotatable bonds is 9. The molecule has 2 aromatic carbocycles. The summed E-state index contributed by atoms with van der Waals surface area (Å²) in [6.07, 6.45) is -1.92. The second-order valence-electron chi connectivity index (χ2n) is 7.51. The van der Waals surface area contributed by atoms with Crippen molar-refractivity contribution in [2.24, 2.45) is 0 Å². The number of ether oxygens (including phenoxy) is 1. The van der Waals surface area contributed by atoms with Gasteiger partial charge >= 0.3 is 6.18 Å². The standard InChI is InChI=1S/C24H27F3N4O/c1-4-14-32-20-12-10-19(11-13-20)30-23-28-15-21(24(25,26)27)22(31-23)29-18-8-6-17(7-9-18)16(3)5-2/h6-13,15-16H,4-5,14H2,1-3H3,(H2,28,29,30,31). The van der Waals surface area contributed by atoms with Crippen molar-refractivity contribution in [3.05, 3.63) is 65.9 Å². The molecule has 32 heavy (non-hydrogen) atoms. The summed E-state index contributed by atoms with van der Waals surface area (Å²) in [5.41, 5.74) is 1.35. The van der Waals surface area contributed by atoms with Crippen LogP contribution >= 0.6 is 0 Å². The van der Waals surface area contributed by atoms with Gasteiger partial charge in [-0.3, -0.25) is 0 Å². The average Bonchev–Trinajstić information content (AvgIpc) is 2.78. The van der Waals surface area contributed by atoms with Crippen molar-refractivity contribution in [1.82, 2.24) is 9.97 Å². The van der Waals surface area contributed by atoms with Crippen molar-refractivity contribution >= 4 is 23.1 Å². The van der Waals surface area contributed by atoms with Gasteiger partial charge in [-0.1, -0.05) is 32.9 Å². The Bertz CT molecular complexity index is 1010. The summed E-state index contributed by atoms with van der Waals surface area (Å²) < 4.78 is 46.1. The summed E-state index contributed by atoms with van der Waals surface area (Å²) >= 11 is 0. The van der Waals surface area contributed by atoms with Crippen LogP contribution in [0.4, 0.5) is 36.3 Å². The van der Waals surface area contributed by atoms with Gasteiger partial charge in [0.05, 0.1) is 6.61 Å². The van der Waals surface area contributed by atoms with Crippen LogP contribution in [0.1, 0.15) is 50.7 Å². The van der Waals surface area contributed by atoms with Crippen LogP contribution in [0, 0.1) is 0 Å². The van der Waals surface area contributed by atoms with Crippen molar-refractivity contribution in [3.8, 4) is 5.75 Å². The highest BCUT2D eigenvalue weighted by Crippen LogP contribution is 2.35. The summed E-state index contributed by atoms with van der Waals surface area (Å²) in [4.78, 5) is 7.94. The molecule has 0 aliphatic heterocycles. The Morgan fingerprint density at radius 2 is 1.56 bits per heavy atom. The molecule has 0 bridgehead atoms. The molecule has 0 saturated heterocycles. The lowest BCUT2D eigenvalue weighted by atomic mass is 9.99. The normalized spacial score (nSPS) is 12.3. The molecule has 3 aromatic rings. The lowest BCUT2D eigenvalue weighted by molar-refractivity contribution is -0.137. The lowest BCUT2D eigenvalue weighted by Crippen LogP contribution is -2.12. The van der Waals surface area contributed by atoms with Gasteiger partial charge in [0.25, 0.3) is 0 Å². The van der Waals surface area contributed by atoms with Crippen LogP contribution in [-0.4, -0.2) is 16.6 Å². The molecule has 1 atom stereocenters. The minimum atomic E-state index is -4.59. The number of alkyl halides is 3. The van der Waals surface area contributed by atoms with E-state index < -0.39 is 11.7 Å². The monoisotopic (exact) mass is 444 g/mol. The molecule has 0 saturated carbocycles. The van der Waals surface area contributed by atoms with Gasteiger partial charge in [0.2, 0.25) is 5.95 Å². The van der Waals surface area contributed by atoms with Crippen LogP contribution in [0.25, 0.3) is 0 Å². The van der Waals surface area contributed by atoms with Gasteiger partial charge in [0.1, 0.15) is 17.1 Å². The van der Waals surface area contributed by atoms with Gasteiger partial charge in [-0.15, -0.1) is 0 Å². The topological polar surface area (TPSA) is 59.1 Å². The first kappa shape index (κ1) is 23.4. The van der Waals surface area contributed by atoms with E-state index in [0.717, 1.165) is 24.6 Å². The van der Waals surface area contributed by atoms with E-state index in [2.05, 4.69) is 34.4 Å². The molecule has 0 aliphatic rings. The predicted molar refractivity (Wildman–Crippen MR) is 121 cm³/mol. The maximum Gasteiger partial charge on any atom is 0.421 e. The average molecular weight is 445 g/mol. The van der Waals surface area contributed by atoms with Gasteiger partial charge in [-0.2, -0.15) is 18.2 Å². The Morgan fingerprint density at radius 1 is 0.938 bits per heavy atom. The summed E-state index contributed by atoms with van der Waals surface area (Å²) in [6.45, 7) is 6.83. The van der Waals surface area contributed by atoms with E-state index in [1.54, 1.807) is 36.4 Å². The molecular formula is C24H27F3N4O. The SMILES string of the molecule is CCCOc1ccc(Nc2ncc(C(F)(F)F)c(Nc3ccc(C(C)CC)cc3)n2)cc1. The second-order valence-corrected chi connectivity index (χ2v) is 7.51. The van der Waals surface area contributed by atoms with Crippen molar-refractivity contribution in [2.45, 2.75) is 45.7 Å². The van der Waals surface area contributed by atoms with Gasteiger partial charge in [0, 0.05) is 17.6 Å². The first-order chi connectivity index (χ1) is 15.3. The molecule has 3 rings (SSSR count). The third-order valence-corrected chi connectivity index (χ3v) is 5.03. The first-order valence-corrected chi connectivity index (χ1v) is 10.6. The smallest absolute Gasteiger partial charge is 0.421 e. The van der Waals surface area contributed by atoms with Crippen LogP contribution in [-0.2, 0) is 6.18 Å². The van der Waals surface area contributed by atoms with Crippen molar-refractivity contribution in [2.75, 3.05) is 17.2 Å². The summed E-state index contributed by atoms with van der Waals surface area (Å²) in [7, 11) is 0. The molecule has 170 valence electrons. The third kappa shape index (κ3) is 6.12. The Kier molecular flexibility index (Phi) is 7.56. The van der Waals surface area contributed by atoms with E-state index in [1.807, 2.05) is 19.1 Å². The zero-order valence-corrected chi connectivity index (χ0v) is 18.3. The fraction of sp³-hybridized carbons (Fsp3) is 0.333. The van der Waals surface area contributed by atoms with E-state index in [9.17, 15) is 13.2 Å². The number of halogens is 3. The molecule has 0 radical (unpaired) electrons. The minimum absolute atomic E-state index is 0.0546. The third-order valence-electron chi connectivity index (χ3n) is 5.03. The molecule has 0 aliphatic carbocycles. The Hall–Kier alpha value is -3.29. The van der Waals surface area contributed by atoms with Crippen LogP contribution < -0.4 is 15.4 Å². The molecule has 1 aromatic heterocycles. The fourth-order valence-corrected chi connectivity index (χ4v) is 3.00. The Labute approximate surface area is 186 Å². The van der Waals surface area contributed by atoms with Gasteiger partial charge in [0.15, 0.2) is 0 Å². The Balaban J connectivity index is 1.82. The highest BCUT2D eigenvalue weighted by Gasteiger charge is 2.35. The molecular weight excluding hydrogens is 417 g/mol. The number of nitrogens with zero attached hydrogens (tertiary/aromatic N) is 2. The van der Waals surface area contributed by atoms with Gasteiger partial charge < -0.3 is 15.4 Å². The number of hydrogen-bond acceptors (Lipinski definition) is 5. The number of aromatic nitrogens is 2. The van der Waals surface area contributed by atoms with Crippen LogP contribution in [0.3, 0.4) is 0 Å². The van der Waals surface area contributed by atoms with Crippen molar-refractivity contribution in [3.63, 3.8) is 0 Å². The lowest BCUT2D eigenvalue weighted by Gasteiger charge is -2.16. The molecule has 1 unspecified atom stereocenters. The molecule has 5 nitrogen and oxygen atoms in total. The number of nitrogens with one attached hydrogen (secondary N) is 2. The van der Waals surface area contributed by atoms with Crippen LogP contribution in [0.15, 0.2) is 54.7 Å². The van der Waals surface area contributed by atoms with Crippen LogP contribution in [0.2, 0.25) is 0 Å². The quantitative estimate of drug-likeness (QED) is 0.363. The van der Waals surface area contributed by atoms with Gasteiger partial charge in [-0.05, 0) is 60.7 Å². The highest BCUT2D eigenvalue weighted by atomic mass is 19.4. The first-order valence-electron chi connectivity index (χ1n) is 10.6. The summed E-state index contributed by atoms with van der Waals surface area (Å²) in [6, 6.07) is 14.4. The largest absolute Gasteiger partial charge is 0.494 e. The fourth-order valence-electron chi connectivity index (χ4n) is 3.00. The molecule has 2 N–H and O–H groups in total. The number of benzene rings is 2. The van der Waals surface area contributed by atoms with E-state index in [0.29, 0.717) is 29.6 Å². The maximum absolute atomic E-state index is 13.5. The van der Waals surface area contributed by atoms with Crippen LogP contribution in [0.5, 0.6) is 5.75 Å². The van der Waals surface area contributed by atoms with E-state index >= 15 is 0 Å². The predicted octanol–water partition coefficient (Wildman–Crippen LogP) is 7.28. The summed E-state index contributed by atoms with van der Waals surface area (Å²) in [5.74, 6) is 0.838.